The van der Waals surface area contributed by atoms with Gasteiger partial charge in [0.05, 0.1) is 15.9 Å². The number of halogens is 1. The van der Waals surface area contributed by atoms with Crippen molar-refractivity contribution in [2.75, 3.05) is 4.90 Å². The van der Waals surface area contributed by atoms with Gasteiger partial charge in [-0.3, -0.25) is 9.08 Å². The summed E-state index contributed by atoms with van der Waals surface area (Å²) in [7, 11) is 1.90. The van der Waals surface area contributed by atoms with Gasteiger partial charge in [0.15, 0.2) is 5.65 Å². The number of hydrogen-bond acceptors (Lipinski definition) is 5. The average molecular weight is 447 g/mol. The predicted octanol–water partition coefficient (Wildman–Crippen LogP) is 3.88. The van der Waals surface area contributed by atoms with E-state index in [1.165, 1.54) is 12.8 Å². The number of aromatic amines is 1. The van der Waals surface area contributed by atoms with Gasteiger partial charge in [-0.15, -0.1) is 0 Å². The number of piperidine rings is 1. The first-order chi connectivity index (χ1) is 15.6. The minimum Gasteiger partial charge on any atom is -0.345 e. The maximum absolute atomic E-state index is 6.85. The second-order valence-corrected chi connectivity index (χ2v) is 9.52. The van der Waals surface area contributed by atoms with Crippen LogP contribution < -0.4 is 10.6 Å². The Morgan fingerprint density at radius 1 is 1.16 bits per heavy atom. The zero-order chi connectivity index (χ0) is 21.6. The van der Waals surface area contributed by atoms with E-state index in [1.807, 2.05) is 44.0 Å². The molecule has 0 aliphatic carbocycles. The van der Waals surface area contributed by atoms with E-state index in [4.69, 9.17) is 27.3 Å². The van der Waals surface area contributed by atoms with Crippen LogP contribution in [0.2, 0.25) is 5.02 Å². The van der Waals surface area contributed by atoms with Crippen molar-refractivity contribution in [1.29, 1.82) is 0 Å². The Labute approximate surface area is 189 Å². The number of anilines is 1. The minimum absolute atomic E-state index is 0.285. The molecule has 2 aliphatic heterocycles. The Morgan fingerprint density at radius 2 is 1.97 bits per heavy atom. The van der Waals surface area contributed by atoms with Crippen LogP contribution in [-0.2, 0) is 7.05 Å². The first-order valence-electron chi connectivity index (χ1n) is 11.1. The van der Waals surface area contributed by atoms with Crippen LogP contribution in [0.1, 0.15) is 25.7 Å². The molecule has 8 nitrogen and oxygen atoms in total. The first kappa shape index (κ1) is 18.5. The quantitative estimate of drug-likeness (QED) is 0.429. The number of imidazole rings is 1. The van der Waals surface area contributed by atoms with Crippen LogP contribution in [0, 0.1) is 0 Å². The number of nitrogens with zero attached hydrogens (tertiary/aromatic N) is 6. The Balaban J connectivity index is 1.44. The zero-order valence-corrected chi connectivity index (χ0v) is 18.4. The van der Waals surface area contributed by atoms with Gasteiger partial charge in [-0.25, -0.2) is 4.98 Å². The van der Waals surface area contributed by atoms with Crippen molar-refractivity contribution in [3.8, 4) is 11.1 Å². The summed E-state index contributed by atoms with van der Waals surface area (Å²) in [6, 6.07) is 5.20. The molecule has 3 atom stereocenters. The number of nitrogens with one attached hydrogen (secondary N) is 1. The lowest BCUT2D eigenvalue weighted by molar-refractivity contribution is 0.408. The van der Waals surface area contributed by atoms with Crippen LogP contribution >= 0.6 is 11.6 Å². The third-order valence-electron chi connectivity index (χ3n) is 7.18. The van der Waals surface area contributed by atoms with E-state index in [-0.39, 0.29) is 6.04 Å². The van der Waals surface area contributed by atoms with Crippen molar-refractivity contribution in [1.82, 2.24) is 29.1 Å². The SMILES string of the molecule is Cn1cc2c(Cl)c(-c3c[nH]c4nc(N5[C@@H]6CC[C@H]5CC(N)C6)n5ccnc5c34)ccc2n1. The van der Waals surface area contributed by atoms with E-state index >= 15 is 0 Å². The zero-order valence-electron chi connectivity index (χ0n) is 17.7. The number of aryl methyl sites for hydroxylation is 1. The molecule has 2 saturated heterocycles. The third-order valence-corrected chi connectivity index (χ3v) is 7.59. The second-order valence-electron chi connectivity index (χ2n) is 9.15. The van der Waals surface area contributed by atoms with Crippen LogP contribution in [0.5, 0.6) is 0 Å². The van der Waals surface area contributed by atoms with Crippen molar-refractivity contribution >= 4 is 45.1 Å². The van der Waals surface area contributed by atoms with Crippen LogP contribution in [0.4, 0.5) is 5.95 Å². The van der Waals surface area contributed by atoms with E-state index < -0.39 is 0 Å². The standard InChI is InChI=1S/C23H23ClN8/c1-30-11-17-18(29-30)5-4-15(20(17)24)16-10-27-21-19(16)22-26-6-7-31(22)23(28-21)32-13-2-3-14(32)9-12(25)8-13/h4-7,10-14,27H,2-3,8-9,25H2,1H3/t12?,13-,14+. The third kappa shape index (κ3) is 2.45. The largest absolute Gasteiger partial charge is 0.345 e. The van der Waals surface area contributed by atoms with Gasteiger partial charge in [-0.2, -0.15) is 10.1 Å². The fourth-order valence-corrected chi connectivity index (χ4v) is 6.17. The Morgan fingerprint density at radius 3 is 2.78 bits per heavy atom. The summed E-state index contributed by atoms with van der Waals surface area (Å²) in [4.78, 5) is 15.7. The normalized spacial score (nSPS) is 23.2. The lowest BCUT2D eigenvalue weighted by atomic mass is 9.98. The van der Waals surface area contributed by atoms with E-state index in [2.05, 4.69) is 19.4 Å². The van der Waals surface area contributed by atoms with Crippen molar-refractivity contribution in [2.24, 2.45) is 12.8 Å². The lowest BCUT2D eigenvalue weighted by Crippen LogP contribution is -2.48. The lowest BCUT2D eigenvalue weighted by Gasteiger charge is -2.38. The van der Waals surface area contributed by atoms with Gasteiger partial charge < -0.3 is 15.6 Å². The molecule has 2 fully saturated rings. The molecule has 9 heteroatoms. The van der Waals surface area contributed by atoms with Crippen LogP contribution in [0.3, 0.4) is 0 Å². The molecule has 2 bridgehead atoms. The molecular formula is C23H23ClN8. The Bertz CT molecular complexity index is 1500. The minimum atomic E-state index is 0.285. The Kier molecular flexibility index (Phi) is 3.73. The maximum atomic E-state index is 6.85. The molecule has 0 radical (unpaired) electrons. The van der Waals surface area contributed by atoms with Gasteiger partial charge in [0.2, 0.25) is 5.95 Å². The summed E-state index contributed by atoms with van der Waals surface area (Å²) in [5, 5.41) is 7.07. The molecule has 0 spiro atoms. The molecule has 6 heterocycles. The molecule has 3 N–H and O–H groups in total. The molecule has 4 aromatic heterocycles. The van der Waals surface area contributed by atoms with Crippen LogP contribution in [0.25, 0.3) is 38.7 Å². The summed E-state index contributed by atoms with van der Waals surface area (Å²) in [6.45, 7) is 0. The fourth-order valence-electron chi connectivity index (χ4n) is 5.86. The van der Waals surface area contributed by atoms with Gasteiger partial charge in [-0.05, 0) is 31.7 Å². The first-order valence-corrected chi connectivity index (χ1v) is 11.5. The van der Waals surface area contributed by atoms with Crippen LogP contribution in [0.15, 0.2) is 36.9 Å². The summed E-state index contributed by atoms with van der Waals surface area (Å²) in [5.41, 5.74) is 10.8. The molecule has 2 aliphatic rings. The number of benzene rings is 1. The molecule has 5 aromatic rings. The molecule has 1 aromatic carbocycles. The Hall–Kier alpha value is -3.10. The van der Waals surface area contributed by atoms with Gasteiger partial charge in [0, 0.05) is 66.5 Å². The second kappa shape index (κ2) is 6.46. The number of nitrogens with two attached hydrogens (primary N) is 1. The van der Waals surface area contributed by atoms with Gasteiger partial charge in [0.25, 0.3) is 0 Å². The highest BCUT2D eigenvalue weighted by molar-refractivity contribution is 6.38. The van der Waals surface area contributed by atoms with Crippen molar-refractivity contribution < 1.29 is 0 Å². The predicted molar refractivity (Wildman–Crippen MR) is 126 cm³/mol. The number of hydrogen-bond donors (Lipinski definition) is 2. The number of fused-ring (bicyclic) bond motifs is 6. The summed E-state index contributed by atoms with van der Waals surface area (Å²) < 4.78 is 3.91. The van der Waals surface area contributed by atoms with E-state index in [0.717, 1.165) is 57.5 Å². The van der Waals surface area contributed by atoms with Gasteiger partial charge >= 0.3 is 0 Å². The highest BCUT2D eigenvalue weighted by atomic mass is 35.5. The topological polar surface area (TPSA) is 93.1 Å². The highest BCUT2D eigenvalue weighted by Crippen LogP contribution is 2.42. The van der Waals surface area contributed by atoms with Crippen LogP contribution in [-0.4, -0.2) is 47.3 Å². The van der Waals surface area contributed by atoms with E-state index in [9.17, 15) is 0 Å². The summed E-state index contributed by atoms with van der Waals surface area (Å²) in [5.74, 6) is 0.951. The fraction of sp³-hybridized carbons (Fsp3) is 0.348. The molecular weight excluding hydrogens is 424 g/mol. The average Bonchev–Trinajstić information content (AvgIpc) is 3.52. The van der Waals surface area contributed by atoms with E-state index in [0.29, 0.717) is 17.1 Å². The summed E-state index contributed by atoms with van der Waals surface area (Å²) in [6.07, 6.45) is 12.2. The maximum Gasteiger partial charge on any atom is 0.213 e. The summed E-state index contributed by atoms with van der Waals surface area (Å²) >= 11 is 6.85. The number of rotatable bonds is 2. The molecule has 32 heavy (non-hydrogen) atoms. The highest BCUT2D eigenvalue weighted by Gasteiger charge is 2.41. The molecule has 0 saturated carbocycles. The van der Waals surface area contributed by atoms with Crippen molar-refractivity contribution in [3.05, 3.63) is 41.9 Å². The van der Waals surface area contributed by atoms with Crippen molar-refractivity contribution in [3.63, 3.8) is 0 Å². The monoisotopic (exact) mass is 446 g/mol. The molecule has 7 rings (SSSR count). The smallest absolute Gasteiger partial charge is 0.213 e. The number of aromatic nitrogens is 6. The molecule has 1 unspecified atom stereocenters. The molecule has 162 valence electrons. The van der Waals surface area contributed by atoms with Crippen molar-refractivity contribution in [2.45, 2.75) is 43.8 Å². The van der Waals surface area contributed by atoms with Gasteiger partial charge in [0.1, 0.15) is 5.65 Å². The molecule has 0 amide bonds. The van der Waals surface area contributed by atoms with Gasteiger partial charge in [-0.1, -0.05) is 17.7 Å². The van der Waals surface area contributed by atoms with E-state index in [1.54, 1.807) is 4.68 Å². The number of H-pyrrole nitrogens is 1.